The summed E-state index contributed by atoms with van der Waals surface area (Å²) in [6, 6.07) is 5.19. The summed E-state index contributed by atoms with van der Waals surface area (Å²) in [5.74, 6) is -1.03. The first-order valence-corrected chi connectivity index (χ1v) is 12.2. The molecule has 4 nitrogen and oxygen atoms in total. The Morgan fingerprint density at radius 3 is 2.39 bits per heavy atom. The summed E-state index contributed by atoms with van der Waals surface area (Å²) in [5.41, 5.74) is 1.95. The lowest BCUT2D eigenvalue weighted by atomic mass is 9.96. The van der Waals surface area contributed by atoms with Gasteiger partial charge in [0.05, 0.1) is 0 Å². The first-order valence-electron chi connectivity index (χ1n) is 11.7. The van der Waals surface area contributed by atoms with E-state index in [0.29, 0.717) is 12.1 Å². The van der Waals surface area contributed by atoms with E-state index in [0.717, 1.165) is 44.9 Å². The molecule has 1 atom stereocenters. The highest BCUT2D eigenvalue weighted by Crippen LogP contribution is 2.27. The van der Waals surface area contributed by atoms with E-state index in [4.69, 9.17) is 11.6 Å². The molecule has 1 saturated carbocycles. The van der Waals surface area contributed by atoms with Crippen LogP contribution >= 0.6 is 11.6 Å². The lowest BCUT2D eigenvalue weighted by molar-refractivity contribution is -0.139. The minimum absolute atomic E-state index is 0.118. The molecule has 0 bridgehead atoms. The van der Waals surface area contributed by atoms with Gasteiger partial charge in [-0.1, -0.05) is 49.5 Å². The van der Waals surface area contributed by atoms with E-state index in [1.807, 2.05) is 0 Å². The van der Waals surface area contributed by atoms with Gasteiger partial charge in [-0.25, -0.2) is 4.39 Å². The number of hydrogen-bond donors (Lipinski definition) is 1. The molecule has 0 spiro atoms. The van der Waals surface area contributed by atoms with E-state index in [9.17, 15) is 14.0 Å². The second-order valence-electron chi connectivity index (χ2n) is 8.73. The predicted molar refractivity (Wildman–Crippen MR) is 122 cm³/mol. The van der Waals surface area contributed by atoms with Crippen molar-refractivity contribution >= 4 is 23.4 Å². The predicted octanol–water partition coefficient (Wildman–Crippen LogP) is 5.66. The molecule has 31 heavy (non-hydrogen) atoms. The molecular formula is C25H34ClFN2O2. The van der Waals surface area contributed by atoms with Crippen LogP contribution in [0.25, 0.3) is 0 Å². The minimum atomic E-state index is -0.806. The Morgan fingerprint density at radius 2 is 1.77 bits per heavy atom. The molecule has 3 rings (SSSR count). The molecular weight excluding hydrogens is 415 g/mol. The topological polar surface area (TPSA) is 49.4 Å². The summed E-state index contributed by atoms with van der Waals surface area (Å²) in [7, 11) is 0. The van der Waals surface area contributed by atoms with Gasteiger partial charge in [0.1, 0.15) is 17.7 Å². The van der Waals surface area contributed by atoms with Gasteiger partial charge in [0, 0.05) is 12.6 Å². The van der Waals surface area contributed by atoms with Crippen LogP contribution in [0.5, 0.6) is 0 Å². The van der Waals surface area contributed by atoms with Crippen molar-refractivity contribution in [2.45, 2.75) is 82.7 Å². The number of alkyl halides is 1. The van der Waals surface area contributed by atoms with Crippen LogP contribution < -0.4 is 5.32 Å². The highest BCUT2D eigenvalue weighted by molar-refractivity contribution is 6.27. The summed E-state index contributed by atoms with van der Waals surface area (Å²) in [6.45, 7) is 0.428. The van der Waals surface area contributed by atoms with Crippen LogP contribution in [0, 0.1) is 5.82 Å². The monoisotopic (exact) mass is 448 g/mol. The summed E-state index contributed by atoms with van der Waals surface area (Å²) < 4.78 is 13.6. The Morgan fingerprint density at radius 1 is 1.06 bits per heavy atom. The molecule has 170 valence electrons. The van der Waals surface area contributed by atoms with Crippen LogP contribution in [0.15, 0.2) is 35.9 Å². The van der Waals surface area contributed by atoms with Gasteiger partial charge >= 0.3 is 0 Å². The first-order chi connectivity index (χ1) is 15.1. The smallest absolute Gasteiger partial charge is 0.247 e. The fourth-order valence-electron chi connectivity index (χ4n) is 4.69. The number of carbonyl (C=O) groups excluding carboxylic acids is 2. The molecule has 0 unspecified atom stereocenters. The van der Waals surface area contributed by atoms with Gasteiger partial charge in [-0.3, -0.25) is 9.59 Å². The van der Waals surface area contributed by atoms with Gasteiger partial charge in [-0.05, 0) is 62.6 Å². The van der Waals surface area contributed by atoms with Gasteiger partial charge in [0.15, 0.2) is 0 Å². The van der Waals surface area contributed by atoms with Crippen LogP contribution in [0.3, 0.4) is 0 Å². The largest absolute Gasteiger partial charge is 0.351 e. The zero-order chi connectivity index (χ0) is 22.1. The zero-order valence-corrected chi connectivity index (χ0v) is 19.0. The molecule has 1 N–H and O–H groups in total. The van der Waals surface area contributed by atoms with Crippen molar-refractivity contribution in [2.75, 3.05) is 12.4 Å². The average molecular weight is 449 g/mol. The molecule has 0 radical (unpaired) electrons. The first kappa shape index (κ1) is 23.8. The maximum atomic E-state index is 13.6. The van der Waals surface area contributed by atoms with Gasteiger partial charge in [-0.2, -0.15) is 0 Å². The highest BCUT2D eigenvalue weighted by atomic mass is 35.5. The molecule has 2 amide bonds. The van der Waals surface area contributed by atoms with Crippen molar-refractivity contribution in [1.29, 1.82) is 0 Å². The Bertz CT molecular complexity index is 757. The quantitative estimate of drug-likeness (QED) is 0.316. The second kappa shape index (κ2) is 12.2. The van der Waals surface area contributed by atoms with Gasteiger partial charge in [0.25, 0.3) is 0 Å². The van der Waals surface area contributed by atoms with E-state index in [-0.39, 0.29) is 29.6 Å². The summed E-state index contributed by atoms with van der Waals surface area (Å²) in [5, 5.41) is 3.19. The summed E-state index contributed by atoms with van der Waals surface area (Å²) in [6.07, 6.45) is 14.0. The molecule has 2 aliphatic rings. The molecule has 0 aliphatic heterocycles. The highest BCUT2D eigenvalue weighted by Gasteiger charge is 2.32. The number of halogens is 2. The maximum Gasteiger partial charge on any atom is 0.247 e. The summed E-state index contributed by atoms with van der Waals surface area (Å²) >= 11 is 5.95. The van der Waals surface area contributed by atoms with E-state index < -0.39 is 6.04 Å². The Kier molecular flexibility index (Phi) is 9.38. The number of hydrogen-bond acceptors (Lipinski definition) is 2. The normalized spacial score (nSPS) is 18.6. The van der Waals surface area contributed by atoms with Crippen molar-refractivity contribution in [1.82, 2.24) is 10.2 Å². The lowest BCUT2D eigenvalue weighted by Gasteiger charge is -2.33. The van der Waals surface area contributed by atoms with Crippen molar-refractivity contribution in [3.05, 3.63) is 47.3 Å². The number of rotatable bonds is 8. The molecule has 1 aromatic rings. The third-order valence-corrected chi connectivity index (χ3v) is 6.67. The fourth-order valence-corrected chi connectivity index (χ4v) is 4.85. The van der Waals surface area contributed by atoms with Crippen molar-refractivity contribution < 1.29 is 14.0 Å². The van der Waals surface area contributed by atoms with E-state index in [1.54, 1.807) is 17.0 Å². The minimum Gasteiger partial charge on any atom is -0.351 e. The molecule has 1 aromatic carbocycles. The molecule has 6 heteroatoms. The zero-order valence-electron chi connectivity index (χ0n) is 18.3. The Balaban J connectivity index is 1.83. The SMILES string of the molecule is O=C(NC1CCCCCC1)[C@H](c1ccc(F)cc1)N(CCC1=CCCCC1)C(=O)CCl. The van der Waals surface area contributed by atoms with Gasteiger partial charge in [-0.15, -0.1) is 11.6 Å². The van der Waals surface area contributed by atoms with E-state index >= 15 is 0 Å². The van der Waals surface area contributed by atoms with Crippen LogP contribution in [-0.2, 0) is 9.59 Å². The van der Waals surface area contributed by atoms with Gasteiger partial charge < -0.3 is 10.2 Å². The third kappa shape index (κ3) is 7.06. The summed E-state index contributed by atoms with van der Waals surface area (Å²) in [4.78, 5) is 27.9. The van der Waals surface area contributed by atoms with E-state index in [2.05, 4.69) is 11.4 Å². The van der Waals surface area contributed by atoms with Crippen LogP contribution in [0.4, 0.5) is 4.39 Å². The molecule has 0 saturated heterocycles. The number of nitrogens with one attached hydrogen (secondary N) is 1. The molecule has 0 heterocycles. The molecule has 1 fully saturated rings. The Hall–Kier alpha value is -1.88. The Labute approximate surface area is 190 Å². The van der Waals surface area contributed by atoms with Crippen molar-refractivity contribution in [3.63, 3.8) is 0 Å². The van der Waals surface area contributed by atoms with E-state index in [1.165, 1.54) is 43.4 Å². The van der Waals surface area contributed by atoms with Crippen LogP contribution in [-0.4, -0.2) is 35.2 Å². The number of benzene rings is 1. The van der Waals surface area contributed by atoms with Gasteiger partial charge in [0.2, 0.25) is 11.8 Å². The molecule has 2 aliphatic carbocycles. The number of allylic oxidation sites excluding steroid dienone is 1. The van der Waals surface area contributed by atoms with Crippen molar-refractivity contribution in [2.24, 2.45) is 0 Å². The third-order valence-electron chi connectivity index (χ3n) is 6.44. The van der Waals surface area contributed by atoms with Crippen LogP contribution in [0.2, 0.25) is 0 Å². The maximum absolute atomic E-state index is 13.6. The number of carbonyl (C=O) groups is 2. The van der Waals surface area contributed by atoms with Crippen molar-refractivity contribution in [3.8, 4) is 0 Å². The second-order valence-corrected chi connectivity index (χ2v) is 9.00. The number of nitrogens with zero attached hydrogens (tertiary/aromatic N) is 1. The molecule has 0 aromatic heterocycles. The average Bonchev–Trinajstić information content (AvgIpc) is 3.06. The van der Waals surface area contributed by atoms with Crippen LogP contribution in [0.1, 0.15) is 82.2 Å². The lowest BCUT2D eigenvalue weighted by Crippen LogP contribution is -2.47. The standard InChI is InChI=1S/C25H34ClFN2O2/c26-18-23(30)29(17-16-19-8-4-3-5-9-19)24(20-12-14-21(27)15-13-20)25(31)28-22-10-6-1-2-7-11-22/h8,12-15,22,24H,1-7,9-11,16-18H2,(H,28,31)/t24-/m0/s1. The number of amides is 2. The fraction of sp³-hybridized carbons (Fsp3) is 0.600.